The van der Waals surface area contributed by atoms with Crippen molar-refractivity contribution < 1.29 is 14.3 Å². The van der Waals surface area contributed by atoms with Gasteiger partial charge in [-0.25, -0.2) is 0 Å². The van der Waals surface area contributed by atoms with Crippen LogP contribution in [-0.2, 0) is 14.3 Å². The van der Waals surface area contributed by atoms with Crippen LogP contribution in [0.4, 0.5) is 0 Å². The lowest BCUT2D eigenvalue weighted by atomic mass is 10.0. The Morgan fingerprint density at radius 3 is 2.13 bits per heavy atom. The molecule has 1 aliphatic rings. The highest BCUT2D eigenvalue weighted by atomic mass is 16.6. The van der Waals surface area contributed by atoms with Gasteiger partial charge in [-0.2, -0.15) is 0 Å². The predicted octanol–water partition coefficient (Wildman–Crippen LogP) is 1.20. The lowest BCUT2D eigenvalue weighted by Crippen LogP contribution is -2.47. The van der Waals surface area contributed by atoms with E-state index < -0.39 is 11.9 Å². The van der Waals surface area contributed by atoms with Gasteiger partial charge in [-0.15, -0.1) is 0 Å². The van der Waals surface area contributed by atoms with Crippen molar-refractivity contribution in [2.45, 2.75) is 39.7 Å². The molecule has 0 aliphatic carbocycles. The standard InChI is InChI=1S/C11H19NO3/c1-8(2)4-5-9(3)12-6-10(13)15-11(14)7-12/h8-9H,4-7H2,1-3H3. The van der Waals surface area contributed by atoms with Gasteiger partial charge in [-0.05, 0) is 25.7 Å². The summed E-state index contributed by atoms with van der Waals surface area (Å²) in [4.78, 5) is 24.0. The summed E-state index contributed by atoms with van der Waals surface area (Å²) in [6.07, 6.45) is 2.12. The molecule has 0 aromatic rings. The van der Waals surface area contributed by atoms with Crippen molar-refractivity contribution in [3.05, 3.63) is 0 Å². The number of rotatable bonds is 4. The maximum Gasteiger partial charge on any atom is 0.327 e. The first-order chi connectivity index (χ1) is 6.99. The number of hydrogen-bond acceptors (Lipinski definition) is 4. The first-order valence-corrected chi connectivity index (χ1v) is 5.46. The molecule has 0 saturated carbocycles. The predicted molar refractivity (Wildman–Crippen MR) is 56.2 cm³/mol. The summed E-state index contributed by atoms with van der Waals surface area (Å²) in [5.41, 5.74) is 0. The molecule has 4 nitrogen and oxygen atoms in total. The second-order valence-electron chi connectivity index (χ2n) is 4.57. The van der Waals surface area contributed by atoms with Crippen molar-refractivity contribution in [1.82, 2.24) is 4.90 Å². The molecule has 1 heterocycles. The fraction of sp³-hybridized carbons (Fsp3) is 0.818. The third-order valence-corrected chi connectivity index (χ3v) is 2.68. The number of cyclic esters (lactones) is 2. The summed E-state index contributed by atoms with van der Waals surface area (Å²) in [6, 6.07) is 0.268. The van der Waals surface area contributed by atoms with Gasteiger partial charge in [0.05, 0.1) is 13.1 Å². The van der Waals surface area contributed by atoms with E-state index in [9.17, 15) is 9.59 Å². The second-order valence-corrected chi connectivity index (χ2v) is 4.57. The average molecular weight is 213 g/mol. The number of carbonyl (C=O) groups is 2. The Morgan fingerprint density at radius 2 is 1.67 bits per heavy atom. The second kappa shape index (κ2) is 5.26. The molecule has 0 N–H and O–H groups in total. The summed E-state index contributed by atoms with van der Waals surface area (Å²) >= 11 is 0. The Morgan fingerprint density at radius 1 is 1.13 bits per heavy atom. The molecule has 0 amide bonds. The first kappa shape index (κ1) is 12.2. The van der Waals surface area contributed by atoms with E-state index in [1.165, 1.54) is 0 Å². The SMILES string of the molecule is CC(C)CCC(C)N1CC(=O)OC(=O)C1. The van der Waals surface area contributed by atoms with Crippen LogP contribution in [0.25, 0.3) is 0 Å². The quantitative estimate of drug-likeness (QED) is 0.520. The van der Waals surface area contributed by atoms with Crippen LogP contribution < -0.4 is 0 Å². The largest absolute Gasteiger partial charge is 0.391 e. The Labute approximate surface area is 90.6 Å². The average Bonchev–Trinajstić information content (AvgIpc) is 2.12. The number of carbonyl (C=O) groups excluding carboxylic acids is 2. The number of esters is 2. The van der Waals surface area contributed by atoms with E-state index in [1.807, 2.05) is 11.8 Å². The van der Waals surface area contributed by atoms with Crippen LogP contribution in [0.1, 0.15) is 33.6 Å². The zero-order valence-corrected chi connectivity index (χ0v) is 9.66. The van der Waals surface area contributed by atoms with E-state index in [1.54, 1.807) is 0 Å². The lowest BCUT2D eigenvalue weighted by molar-refractivity contribution is -0.167. The van der Waals surface area contributed by atoms with Crippen molar-refractivity contribution in [2.75, 3.05) is 13.1 Å². The molecule has 1 atom stereocenters. The number of ether oxygens (including phenoxy) is 1. The summed E-state index contributed by atoms with van der Waals surface area (Å²) < 4.78 is 4.47. The van der Waals surface area contributed by atoms with Crippen LogP contribution in [-0.4, -0.2) is 36.0 Å². The lowest BCUT2D eigenvalue weighted by Gasteiger charge is -2.30. The fourth-order valence-electron chi connectivity index (χ4n) is 1.65. The zero-order valence-electron chi connectivity index (χ0n) is 9.66. The van der Waals surface area contributed by atoms with E-state index in [2.05, 4.69) is 18.6 Å². The Balaban J connectivity index is 2.41. The highest BCUT2D eigenvalue weighted by Crippen LogP contribution is 2.13. The minimum Gasteiger partial charge on any atom is -0.391 e. The molecule has 1 rings (SSSR count). The molecule has 1 fully saturated rings. The number of hydrogen-bond donors (Lipinski definition) is 0. The van der Waals surface area contributed by atoms with E-state index in [4.69, 9.17) is 0 Å². The summed E-state index contributed by atoms with van der Waals surface area (Å²) in [5.74, 6) is -0.204. The maximum absolute atomic E-state index is 11.0. The van der Waals surface area contributed by atoms with Gasteiger partial charge in [0.15, 0.2) is 0 Å². The molecule has 15 heavy (non-hydrogen) atoms. The van der Waals surface area contributed by atoms with Gasteiger partial charge in [0.1, 0.15) is 0 Å². The molecule has 0 bridgehead atoms. The third-order valence-electron chi connectivity index (χ3n) is 2.68. The van der Waals surface area contributed by atoms with Crippen LogP contribution in [0.3, 0.4) is 0 Å². The number of nitrogens with zero attached hydrogens (tertiary/aromatic N) is 1. The first-order valence-electron chi connectivity index (χ1n) is 5.46. The highest BCUT2D eigenvalue weighted by molar-refractivity contribution is 5.90. The van der Waals surface area contributed by atoms with Crippen LogP contribution in [0.15, 0.2) is 0 Å². The Bertz CT molecular complexity index is 234. The molecule has 4 heteroatoms. The minimum atomic E-state index is -0.428. The summed E-state index contributed by atoms with van der Waals surface area (Å²) in [7, 11) is 0. The van der Waals surface area contributed by atoms with Gasteiger partial charge >= 0.3 is 11.9 Å². The van der Waals surface area contributed by atoms with Crippen molar-refractivity contribution in [3.63, 3.8) is 0 Å². The zero-order chi connectivity index (χ0) is 11.4. The van der Waals surface area contributed by atoms with Crippen molar-refractivity contribution >= 4 is 11.9 Å². The van der Waals surface area contributed by atoms with Gasteiger partial charge < -0.3 is 4.74 Å². The summed E-state index contributed by atoms with van der Waals surface area (Å²) in [6.45, 7) is 6.87. The van der Waals surface area contributed by atoms with Gasteiger partial charge in [0.2, 0.25) is 0 Å². The van der Waals surface area contributed by atoms with Crippen LogP contribution >= 0.6 is 0 Å². The van der Waals surface area contributed by atoms with Crippen molar-refractivity contribution in [3.8, 4) is 0 Å². The van der Waals surface area contributed by atoms with Crippen molar-refractivity contribution in [1.29, 1.82) is 0 Å². The molecule has 1 aliphatic heterocycles. The minimum absolute atomic E-state index is 0.241. The molecule has 1 unspecified atom stereocenters. The monoisotopic (exact) mass is 213 g/mol. The maximum atomic E-state index is 11.0. The molecule has 0 aromatic carbocycles. The topological polar surface area (TPSA) is 46.6 Å². The molecule has 0 radical (unpaired) electrons. The fourth-order valence-corrected chi connectivity index (χ4v) is 1.65. The molecular formula is C11H19NO3. The highest BCUT2D eigenvalue weighted by Gasteiger charge is 2.27. The van der Waals surface area contributed by atoms with Crippen LogP contribution in [0.5, 0.6) is 0 Å². The molecular weight excluding hydrogens is 194 g/mol. The Kier molecular flexibility index (Phi) is 4.27. The van der Waals surface area contributed by atoms with Gasteiger partial charge in [-0.3, -0.25) is 14.5 Å². The van der Waals surface area contributed by atoms with Gasteiger partial charge in [-0.1, -0.05) is 13.8 Å². The van der Waals surface area contributed by atoms with Crippen molar-refractivity contribution in [2.24, 2.45) is 5.92 Å². The van der Waals surface area contributed by atoms with E-state index in [-0.39, 0.29) is 19.1 Å². The van der Waals surface area contributed by atoms with Crippen LogP contribution in [0, 0.1) is 5.92 Å². The van der Waals surface area contributed by atoms with E-state index in [0.29, 0.717) is 5.92 Å². The van der Waals surface area contributed by atoms with Gasteiger partial charge in [0, 0.05) is 6.04 Å². The summed E-state index contributed by atoms with van der Waals surface area (Å²) in [5, 5.41) is 0. The van der Waals surface area contributed by atoms with Gasteiger partial charge in [0.25, 0.3) is 0 Å². The molecule has 1 saturated heterocycles. The molecule has 0 aromatic heterocycles. The van der Waals surface area contributed by atoms with E-state index >= 15 is 0 Å². The number of morpholine rings is 1. The molecule has 86 valence electrons. The molecule has 0 spiro atoms. The third kappa shape index (κ3) is 4.00. The normalized spacial score (nSPS) is 20.5. The van der Waals surface area contributed by atoms with E-state index in [0.717, 1.165) is 12.8 Å². The van der Waals surface area contributed by atoms with Crippen LogP contribution in [0.2, 0.25) is 0 Å². The smallest absolute Gasteiger partial charge is 0.327 e. The Hall–Kier alpha value is -0.900.